The van der Waals surface area contributed by atoms with Crippen LogP contribution in [0, 0.1) is 6.92 Å². The maximum atomic E-state index is 14.5. The normalized spacial score (nSPS) is 13.5. The standard InChI is InChI=1S/C55H67N7O11/c1-33-15-14-20-39-37(31-58-48(33)39)30-46(62-54(69)72-32-44-42-18-10-8-16-40(42)41-17-9-11-19-43(41)44)51(66)60-45(21-12-13-26-56-35(3)63)50(65)59-34(2)49(64)61-47(52(67)70-7)29-36-22-24-38(25-23-36)71-28-27-57-53(68)73-55(4,5)6/h8-11,14-20,22-25,31,34,44-47,58H,12-13,21,26-30,32H2,1-7H3,(H,56,63)(H,57,68)(H,59,65)(H,60,66)(H,61,64)(H,62,69)/t34-,45-,46-,47-/m0/s1. The summed E-state index contributed by atoms with van der Waals surface area (Å²) in [7, 11) is 1.20. The predicted octanol–water partition coefficient (Wildman–Crippen LogP) is 6.03. The van der Waals surface area contributed by atoms with Crippen LogP contribution in [0.5, 0.6) is 5.75 Å². The zero-order chi connectivity index (χ0) is 52.7. The van der Waals surface area contributed by atoms with E-state index in [2.05, 4.69) is 36.9 Å². The van der Waals surface area contributed by atoms with Gasteiger partial charge in [-0.15, -0.1) is 0 Å². The van der Waals surface area contributed by atoms with Crippen molar-refractivity contribution in [1.29, 1.82) is 0 Å². The molecular formula is C55H67N7O11. The molecule has 0 fully saturated rings. The monoisotopic (exact) mass is 1000 g/mol. The average molecular weight is 1000 g/mol. The summed E-state index contributed by atoms with van der Waals surface area (Å²) in [6.45, 7) is 10.8. The minimum Gasteiger partial charge on any atom is -0.492 e. The van der Waals surface area contributed by atoms with Crippen molar-refractivity contribution in [1.82, 2.24) is 36.9 Å². The number of unbranched alkanes of at least 4 members (excludes halogenated alkanes) is 1. The number of rotatable bonds is 23. The van der Waals surface area contributed by atoms with Gasteiger partial charge in [-0.05, 0) is 105 Å². The van der Waals surface area contributed by atoms with Crippen molar-refractivity contribution in [2.24, 2.45) is 0 Å². The topological polar surface area (TPSA) is 244 Å². The molecule has 6 amide bonds. The fourth-order valence-corrected chi connectivity index (χ4v) is 8.63. The Hall–Kier alpha value is -7.89. The Morgan fingerprint density at radius 3 is 2.00 bits per heavy atom. The zero-order valence-electron chi connectivity index (χ0n) is 42.5. The van der Waals surface area contributed by atoms with Gasteiger partial charge in [0.25, 0.3) is 0 Å². The van der Waals surface area contributed by atoms with Crippen LogP contribution < -0.4 is 36.6 Å². The van der Waals surface area contributed by atoms with Crippen LogP contribution in [0.1, 0.15) is 87.6 Å². The molecule has 6 rings (SSSR count). The number of methoxy groups -OCH3 is 1. The van der Waals surface area contributed by atoms with Crippen LogP contribution in [0.25, 0.3) is 22.0 Å². The number of benzene rings is 4. The number of hydrogen-bond acceptors (Lipinski definition) is 11. The van der Waals surface area contributed by atoms with Crippen molar-refractivity contribution in [2.75, 3.05) is 33.4 Å². The molecule has 1 heterocycles. The summed E-state index contributed by atoms with van der Waals surface area (Å²) in [5.74, 6) is -2.70. The molecule has 1 aromatic heterocycles. The van der Waals surface area contributed by atoms with Crippen LogP contribution in [0.2, 0.25) is 0 Å². The third kappa shape index (κ3) is 15.6. The van der Waals surface area contributed by atoms with E-state index in [1.165, 1.54) is 21.0 Å². The van der Waals surface area contributed by atoms with Gasteiger partial charge >= 0.3 is 18.2 Å². The van der Waals surface area contributed by atoms with Gasteiger partial charge in [-0.25, -0.2) is 14.4 Å². The first-order valence-corrected chi connectivity index (χ1v) is 24.5. The number of hydrogen-bond donors (Lipinski definition) is 7. The second kappa shape index (κ2) is 25.5. The van der Waals surface area contributed by atoms with Gasteiger partial charge in [0.05, 0.1) is 13.7 Å². The summed E-state index contributed by atoms with van der Waals surface area (Å²) in [5, 5.41) is 17.2. The molecule has 0 aliphatic heterocycles. The number of amides is 6. The first-order valence-electron chi connectivity index (χ1n) is 24.5. The number of aromatic amines is 1. The summed E-state index contributed by atoms with van der Waals surface area (Å²) >= 11 is 0. The van der Waals surface area contributed by atoms with Gasteiger partial charge in [0.15, 0.2) is 0 Å². The molecule has 1 aliphatic rings. The van der Waals surface area contributed by atoms with Crippen LogP contribution in [0.3, 0.4) is 0 Å². The van der Waals surface area contributed by atoms with E-state index >= 15 is 0 Å². The second-order valence-electron chi connectivity index (χ2n) is 19.0. The lowest BCUT2D eigenvalue weighted by Crippen LogP contribution is -2.57. The van der Waals surface area contributed by atoms with E-state index in [0.717, 1.165) is 44.3 Å². The number of carbonyl (C=O) groups excluding carboxylic acids is 7. The highest BCUT2D eigenvalue weighted by atomic mass is 16.6. The second-order valence-corrected chi connectivity index (χ2v) is 19.0. The van der Waals surface area contributed by atoms with E-state index in [0.29, 0.717) is 30.7 Å². The van der Waals surface area contributed by atoms with E-state index in [-0.39, 0.29) is 50.8 Å². The van der Waals surface area contributed by atoms with Crippen molar-refractivity contribution in [3.05, 3.63) is 125 Å². The maximum Gasteiger partial charge on any atom is 0.407 e. The quantitative estimate of drug-likeness (QED) is 0.0227. The molecule has 0 unspecified atom stereocenters. The molecule has 4 aromatic carbocycles. The Labute approximate surface area is 425 Å². The Morgan fingerprint density at radius 2 is 1.34 bits per heavy atom. The number of esters is 1. The molecule has 0 saturated carbocycles. The van der Waals surface area contributed by atoms with Gasteiger partial charge in [0.1, 0.15) is 48.7 Å². The summed E-state index contributed by atoms with van der Waals surface area (Å²) in [4.78, 5) is 95.9. The SMILES string of the molecule is COC(=O)[C@H](Cc1ccc(OCCNC(=O)OC(C)(C)C)cc1)NC(=O)[C@H](C)NC(=O)[C@H](CCCCNC(C)=O)NC(=O)[C@H](Cc1c[nH]c2c(C)cccc12)NC(=O)OCC1c2ccccc2-c2ccccc21. The Balaban J connectivity index is 1.12. The predicted molar refractivity (Wildman–Crippen MR) is 275 cm³/mol. The third-order valence-electron chi connectivity index (χ3n) is 12.3. The third-order valence-corrected chi connectivity index (χ3v) is 12.3. The van der Waals surface area contributed by atoms with E-state index in [1.807, 2.05) is 73.7 Å². The minimum atomic E-state index is -1.21. The maximum absolute atomic E-state index is 14.5. The number of carbonyl (C=O) groups is 7. The number of aromatic nitrogens is 1. The minimum absolute atomic E-state index is 0.00976. The Bertz CT molecular complexity index is 2700. The first kappa shape index (κ1) is 54.4. The van der Waals surface area contributed by atoms with E-state index in [4.69, 9.17) is 18.9 Å². The summed E-state index contributed by atoms with van der Waals surface area (Å²) in [6.07, 6.45) is 1.46. The number of nitrogens with one attached hydrogen (secondary N) is 7. The van der Waals surface area contributed by atoms with Crippen molar-refractivity contribution in [3.63, 3.8) is 0 Å². The molecule has 0 bridgehead atoms. The van der Waals surface area contributed by atoms with Gasteiger partial charge in [0.2, 0.25) is 23.6 Å². The van der Waals surface area contributed by atoms with E-state index < -0.39 is 65.6 Å². The van der Waals surface area contributed by atoms with Gasteiger partial charge in [-0.3, -0.25) is 19.2 Å². The van der Waals surface area contributed by atoms with E-state index in [9.17, 15) is 33.6 Å². The molecule has 18 heteroatoms. The molecule has 4 atom stereocenters. The van der Waals surface area contributed by atoms with Crippen LogP contribution in [0.4, 0.5) is 9.59 Å². The lowest BCUT2D eigenvalue weighted by Gasteiger charge is -2.25. The number of alkyl carbamates (subject to hydrolysis) is 2. The first-order chi connectivity index (χ1) is 34.9. The van der Waals surface area contributed by atoms with Gasteiger partial charge in [-0.1, -0.05) is 78.9 Å². The molecule has 7 N–H and O–H groups in total. The zero-order valence-corrected chi connectivity index (χ0v) is 42.5. The van der Waals surface area contributed by atoms with E-state index in [1.54, 1.807) is 51.2 Å². The lowest BCUT2D eigenvalue weighted by molar-refractivity contribution is -0.145. The summed E-state index contributed by atoms with van der Waals surface area (Å²) < 4.78 is 21.8. The Morgan fingerprint density at radius 1 is 0.685 bits per heavy atom. The lowest BCUT2D eigenvalue weighted by atomic mass is 9.98. The molecule has 1 aliphatic carbocycles. The van der Waals surface area contributed by atoms with Crippen molar-refractivity contribution >= 4 is 52.7 Å². The largest absolute Gasteiger partial charge is 0.492 e. The average Bonchev–Trinajstić information content (AvgIpc) is 3.92. The molecule has 0 spiro atoms. The van der Waals surface area contributed by atoms with Crippen LogP contribution in [-0.4, -0.2) is 110 Å². The number of H-pyrrole nitrogens is 1. The molecule has 18 nitrogen and oxygen atoms in total. The van der Waals surface area contributed by atoms with Crippen molar-refractivity contribution < 1.29 is 52.5 Å². The fourth-order valence-electron chi connectivity index (χ4n) is 8.63. The molecule has 73 heavy (non-hydrogen) atoms. The van der Waals surface area contributed by atoms with Crippen molar-refractivity contribution in [2.45, 2.75) is 109 Å². The highest BCUT2D eigenvalue weighted by Crippen LogP contribution is 2.44. The summed E-state index contributed by atoms with van der Waals surface area (Å²) in [5.41, 5.74) is 6.82. The number of aryl methyl sites for hydroxylation is 1. The number of ether oxygens (including phenoxy) is 4. The number of para-hydroxylation sites is 1. The molecule has 0 saturated heterocycles. The smallest absolute Gasteiger partial charge is 0.407 e. The van der Waals surface area contributed by atoms with Gasteiger partial charge in [0, 0.05) is 49.3 Å². The van der Waals surface area contributed by atoms with Gasteiger partial charge < -0.3 is 55.8 Å². The van der Waals surface area contributed by atoms with Gasteiger partial charge in [-0.2, -0.15) is 0 Å². The van der Waals surface area contributed by atoms with Crippen LogP contribution in [0.15, 0.2) is 97.2 Å². The molecule has 388 valence electrons. The summed E-state index contributed by atoms with van der Waals surface area (Å²) in [6, 6.07) is 23.8. The van der Waals surface area contributed by atoms with Crippen LogP contribution in [-0.2, 0) is 51.0 Å². The molecule has 5 aromatic rings. The fraction of sp³-hybridized carbons (Fsp3) is 0.400. The highest BCUT2D eigenvalue weighted by Gasteiger charge is 2.33. The van der Waals surface area contributed by atoms with Crippen molar-refractivity contribution in [3.8, 4) is 16.9 Å². The molecular weight excluding hydrogens is 935 g/mol. The Kier molecular flexibility index (Phi) is 19.0. The highest BCUT2D eigenvalue weighted by molar-refractivity contribution is 5.95. The van der Waals surface area contributed by atoms with Crippen LogP contribution >= 0.6 is 0 Å². The number of fused-ring (bicyclic) bond motifs is 4. The molecule has 0 radical (unpaired) electrons.